The van der Waals surface area contributed by atoms with Crippen LogP contribution in [-0.4, -0.2) is 10.7 Å². The van der Waals surface area contributed by atoms with Gasteiger partial charge in [0.2, 0.25) is 0 Å². The quantitative estimate of drug-likeness (QED) is 0.365. The molecule has 74 valence electrons. The third-order valence-electron chi connectivity index (χ3n) is 1.62. The van der Waals surface area contributed by atoms with Gasteiger partial charge in [-0.1, -0.05) is 0 Å². The van der Waals surface area contributed by atoms with Crippen LogP contribution in [0.4, 0.5) is 10.1 Å². The van der Waals surface area contributed by atoms with Crippen LogP contribution < -0.4 is 0 Å². The maximum atomic E-state index is 13.3. The van der Waals surface area contributed by atoms with Gasteiger partial charge < -0.3 is 0 Å². The van der Waals surface area contributed by atoms with Gasteiger partial charge in [-0.15, -0.1) is 0 Å². The number of carbonyl (C=O) groups excluding carboxylic acids is 1. The summed E-state index contributed by atoms with van der Waals surface area (Å²) in [5.41, 5.74) is -0.947. The van der Waals surface area contributed by atoms with E-state index >= 15 is 0 Å². The van der Waals surface area contributed by atoms with Crippen LogP contribution >= 0.6 is 22.6 Å². The normalized spacial score (nSPS) is 9.93. The van der Waals surface area contributed by atoms with Crippen LogP contribution in [0.1, 0.15) is 17.3 Å². The van der Waals surface area contributed by atoms with Crippen molar-refractivity contribution in [3.8, 4) is 0 Å². The zero-order valence-corrected chi connectivity index (χ0v) is 9.24. The highest BCUT2D eigenvalue weighted by atomic mass is 127. The Morgan fingerprint density at radius 3 is 2.57 bits per heavy atom. The highest BCUT2D eigenvalue weighted by Gasteiger charge is 2.23. The van der Waals surface area contributed by atoms with Crippen molar-refractivity contribution in [1.82, 2.24) is 0 Å². The fourth-order valence-electron chi connectivity index (χ4n) is 1.03. The zero-order valence-electron chi connectivity index (χ0n) is 7.08. The summed E-state index contributed by atoms with van der Waals surface area (Å²) in [6.07, 6.45) is 0. The summed E-state index contributed by atoms with van der Waals surface area (Å²) >= 11 is 1.67. The molecule has 0 unspecified atom stereocenters. The number of halogens is 2. The summed E-state index contributed by atoms with van der Waals surface area (Å²) in [4.78, 5) is 20.7. The summed E-state index contributed by atoms with van der Waals surface area (Å²) in [6.45, 7) is 1.10. The topological polar surface area (TPSA) is 60.2 Å². The number of nitro groups is 1. The first-order valence-electron chi connectivity index (χ1n) is 3.58. The van der Waals surface area contributed by atoms with Crippen LogP contribution in [0.2, 0.25) is 0 Å². The number of hydrogen-bond donors (Lipinski definition) is 0. The third-order valence-corrected chi connectivity index (χ3v) is 2.45. The van der Waals surface area contributed by atoms with Crippen molar-refractivity contribution in [3.05, 3.63) is 37.2 Å². The highest BCUT2D eigenvalue weighted by Crippen LogP contribution is 2.25. The van der Waals surface area contributed by atoms with Crippen LogP contribution in [0.15, 0.2) is 12.1 Å². The number of carbonyl (C=O) groups is 1. The van der Waals surface area contributed by atoms with E-state index in [4.69, 9.17) is 0 Å². The van der Waals surface area contributed by atoms with Gasteiger partial charge in [0, 0.05) is 6.07 Å². The second-order valence-corrected chi connectivity index (χ2v) is 3.73. The first kappa shape index (κ1) is 11.0. The molecule has 0 bridgehead atoms. The summed E-state index contributed by atoms with van der Waals surface area (Å²) < 4.78 is 13.5. The second kappa shape index (κ2) is 3.99. The number of rotatable bonds is 2. The average Bonchev–Trinajstić information content (AvgIpc) is 2.08. The van der Waals surface area contributed by atoms with Crippen LogP contribution in [0.5, 0.6) is 0 Å². The van der Waals surface area contributed by atoms with Crippen molar-refractivity contribution in [2.24, 2.45) is 0 Å². The third kappa shape index (κ3) is 1.89. The summed E-state index contributed by atoms with van der Waals surface area (Å²) in [5, 5.41) is 10.5. The van der Waals surface area contributed by atoms with Gasteiger partial charge in [-0.05, 0) is 35.6 Å². The predicted molar refractivity (Wildman–Crippen MR) is 55.8 cm³/mol. The average molecular weight is 309 g/mol. The largest absolute Gasteiger partial charge is 0.294 e. The smallest absolute Gasteiger partial charge is 0.283 e. The Morgan fingerprint density at radius 2 is 2.14 bits per heavy atom. The Hall–Kier alpha value is -1.05. The lowest BCUT2D eigenvalue weighted by atomic mass is 10.1. The molecule has 0 amide bonds. The van der Waals surface area contributed by atoms with Crippen LogP contribution in [-0.2, 0) is 0 Å². The van der Waals surface area contributed by atoms with E-state index in [1.54, 1.807) is 22.6 Å². The number of Topliss-reactive ketones (excluding diaryl/α,β-unsaturated/α-hetero) is 1. The van der Waals surface area contributed by atoms with E-state index in [0.29, 0.717) is 0 Å². The SMILES string of the molecule is CC(=O)c1c([N+](=O)[O-])ccc(I)c1F. The molecule has 0 heterocycles. The lowest BCUT2D eigenvalue weighted by Crippen LogP contribution is -2.04. The molecule has 0 saturated heterocycles. The highest BCUT2D eigenvalue weighted by molar-refractivity contribution is 14.1. The standard InChI is InChI=1S/C8H5FINO3/c1-4(12)7-6(11(13)14)3-2-5(10)8(7)9/h2-3H,1H3. The minimum Gasteiger partial charge on any atom is -0.294 e. The number of nitro benzene ring substituents is 1. The maximum absolute atomic E-state index is 13.3. The van der Waals surface area contributed by atoms with Crippen LogP contribution in [0.25, 0.3) is 0 Å². The van der Waals surface area contributed by atoms with E-state index < -0.39 is 27.8 Å². The number of hydrogen-bond acceptors (Lipinski definition) is 3. The molecule has 0 aliphatic heterocycles. The zero-order chi connectivity index (χ0) is 10.9. The fraction of sp³-hybridized carbons (Fsp3) is 0.125. The molecule has 0 spiro atoms. The number of nitrogens with zero attached hydrogens (tertiary/aromatic N) is 1. The fourth-order valence-corrected chi connectivity index (χ4v) is 1.48. The van der Waals surface area contributed by atoms with Gasteiger partial charge in [0.05, 0.1) is 8.49 Å². The molecular formula is C8H5FINO3. The molecule has 0 saturated carbocycles. The van der Waals surface area contributed by atoms with E-state index in [9.17, 15) is 19.3 Å². The molecule has 1 rings (SSSR count). The van der Waals surface area contributed by atoms with Crippen molar-refractivity contribution in [2.75, 3.05) is 0 Å². The first-order chi connectivity index (χ1) is 6.45. The van der Waals surface area contributed by atoms with Crippen LogP contribution in [0, 0.1) is 19.5 Å². The molecule has 4 nitrogen and oxygen atoms in total. The van der Waals surface area contributed by atoms with Gasteiger partial charge in [-0.2, -0.15) is 0 Å². The van der Waals surface area contributed by atoms with Gasteiger partial charge >= 0.3 is 0 Å². The molecule has 14 heavy (non-hydrogen) atoms. The van der Waals surface area contributed by atoms with Crippen molar-refractivity contribution in [2.45, 2.75) is 6.92 Å². The Kier molecular flexibility index (Phi) is 3.14. The van der Waals surface area contributed by atoms with Gasteiger partial charge in [-0.25, -0.2) is 4.39 Å². The minimum atomic E-state index is -0.827. The van der Waals surface area contributed by atoms with Crippen LogP contribution in [0.3, 0.4) is 0 Å². The maximum Gasteiger partial charge on any atom is 0.283 e. The molecule has 0 N–H and O–H groups in total. The number of ketones is 1. The van der Waals surface area contributed by atoms with E-state index in [1.807, 2.05) is 0 Å². The summed E-state index contributed by atoms with van der Waals surface area (Å²) in [6, 6.07) is 2.39. The van der Waals surface area contributed by atoms with Gasteiger partial charge in [0.15, 0.2) is 11.6 Å². The van der Waals surface area contributed by atoms with E-state index in [1.165, 1.54) is 6.07 Å². The molecule has 0 radical (unpaired) electrons. The molecular weight excluding hydrogens is 304 g/mol. The second-order valence-electron chi connectivity index (χ2n) is 2.57. The van der Waals surface area contributed by atoms with Gasteiger partial charge in [0.1, 0.15) is 5.56 Å². The predicted octanol–water partition coefficient (Wildman–Crippen LogP) is 2.54. The van der Waals surface area contributed by atoms with Gasteiger partial charge in [0.25, 0.3) is 5.69 Å². The molecule has 0 atom stereocenters. The number of benzene rings is 1. The Bertz CT molecular complexity index is 419. The Labute approximate surface area is 92.4 Å². The Balaban J connectivity index is 3.53. The van der Waals surface area contributed by atoms with Crippen molar-refractivity contribution >= 4 is 34.1 Å². The molecule has 0 aromatic heterocycles. The molecule has 0 fully saturated rings. The molecule has 1 aromatic carbocycles. The lowest BCUT2D eigenvalue weighted by molar-refractivity contribution is -0.385. The summed E-state index contributed by atoms with van der Waals surface area (Å²) in [7, 11) is 0. The van der Waals surface area contributed by atoms with E-state index in [0.717, 1.165) is 13.0 Å². The van der Waals surface area contributed by atoms with Gasteiger partial charge in [-0.3, -0.25) is 14.9 Å². The molecule has 0 aliphatic carbocycles. The Morgan fingerprint density at radius 1 is 1.57 bits per heavy atom. The first-order valence-corrected chi connectivity index (χ1v) is 4.66. The lowest BCUT2D eigenvalue weighted by Gasteiger charge is -2.01. The van der Waals surface area contributed by atoms with Crippen molar-refractivity contribution in [3.63, 3.8) is 0 Å². The van der Waals surface area contributed by atoms with Crippen molar-refractivity contribution < 1.29 is 14.1 Å². The van der Waals surface area contributed by atoms with Crippen molar-refractivity contribution in [1.29, 1.82) is 0 Å². The monoisotopic (exact) mass is 309 g/mol. The molecule has 6 heteroatoms. The summed E-state index contributed by atoms with van der Waals surface area (Å²) in [5.74, 6) is -1.47. The molecule has 0 aliphatic rings. The molecule has 1 aromatic rings. The minimum absolute atomic E-state index is 0.193. The van der Waals surface area contributed by atoms with E-state index in [2.05, 4.69) is 0 Å². The van der Waals surface area contributed by atoms with E-state index in [-0.39, 0.29) is 3.57 Å².